The van der Waals surface area contributed by atoms with Gasteiger partial charge in [-0.15, -0.1) is 0 Å². The van der Waals surface area contributed by atoms with Crippen LogP contribution in [0.1, 0.15) is 40.8 Å². The van der Waals surface area contributed by atoms with Crippen molar-refractivity contribution in [1.29, 1.82) is 0 Å². The van der Waals surface area contributed by atoms with Crippen molar-refractivity contribution >= 4 is 16.0 Å². The van der Waals surface area contributed by atoms with Gasteiger partial charge >= 0.3 is 5.97 Å². The fourth-order valence-corrected chi connectivity index (χ4v) is 6.53. The molecule has 34 heavy (non-hydrogen) atoms. The summed E-state index contributed by atoms with van der Waals surface area (Å²) in [7, 11) is -2.51. The topological polar surface area (TPSA) is 83.9 Å². The van der Waals surface area contributed by atoms with Crippen LogP contribution in [0.5, 0.6) is 5.75 Å². The second-order valence-electron chi connectivity index (χ2n) is 8.41. The number of rotatable bonds is 6. The average Bonchev–Trinajstić information content (AvgIpc) is 2.83. The molecule has 176 valence electrons. The first-order valence-electron chi connectivity index (χ1n) is 11.0. The predicted octanol–water partition coefficient (Wildman–Crippen LogP) is 5.20. The molecule has 3 aromatic rings. The van der Waals surface area contributed by atoms with Gasteiger partial charge in [-0.05, 0) is 55.2 Å². The molecule has 0 spiro atoms. The van der Waals surface area contributed by atoms with E-state index >= 15 is 0 Å². The van der Waals surface area contributed by atoms with E-state index < -0.39 is 28.1 Å². The van der Waals surface area contributed by atoms with Crippen LogP contribution in [0.4, 0.5) is 0 Å². The quantitative estimate of drug-likeness (QED) is 0.528. The average molecular weight is 478 g/mol. The van der Waals surface area contributed by atoms with Crippen LogP contribution < -0.4 is 4.74 Å². The Labute approximate surface area is 200 Å². The summed E-state index contributed by atoms with van der Waals surface area (Å²) in [5.74, 6) is -0.477. The maximum atomic E-state index is 14.2. The first kappa shape index (κ1) is 23.7. The Kier molecular flexibility index (Phi) is 6.59. The zero-order valence-corrected chi connectivity index (χ0v) is 20.1. The van der Waals surface area contributed by atoms with Crippen molar-refractivity contribution < 1.29 is 23.1 Å². The highest BCUT2D eigenvalue weighted by molar-refractivity contribution is 7.89. The largest absolute Gasteiger partial charge is 0.497 e. The first-order valence-corrected chi connectivity index (χ1v) is 12.4. The fourth-order valence-electron chi connectivity index (χ4n) is 4.52. The molecule has 0 aliphatic carbocycles. The van der Waals surface area contributed by atoms with Crippen LogP contribution in [0.25, 0.3) is 0 Å². The van der Waals surface area contributed by atoms with Gasteiger partial charge in [-0.3, -0.25) is 0 Å². The molecule has 6 nitrogen and oxygen atoms in total. The second-order valence-corrected chi connectivity index (χ2v) is 10.2. The molecule has 0 bridgehead atoms. The van der Waals surface area contributed by atoms with Crippen LogP contribution in [0.15, 0.2) is 89.3 Å². The predicted molar refractivity (Wildman–Crippen MR) is 130 cm³/mol. The van der Waals surface area contributed by atoms with Gasteiger partial charge in [0, 0.05) is 0 Å². The minimum Gasteiger partial charge on any atom is -0.497 e. The van der Waals surface area contributed by atoms with Crippen molar-refractivity contribution in [3.63, 3.8) is 0 Å². The highest BCUT2D eigenvalue weighted by Crippen LogP contribution is 2.46. The van der Waals surface area contributed by atoms with Crippen LogP contribution in [0, 0.1) is 13.8 Å². The Morgan fingerprint density at radius 3 is 2.29 bits per heavy atom. The monoisotopic (exact) mass is 477 g/mol. The van der Waals surface area contributed by atoms with Gasteiger partial charge in [0.05, 0.1) is 29.7 Å². The summed E-state index contributed by atoms with van der Waals surface area (Å²) < 4.78 is 35.1. The van der Waals surface area contributed by atoms with Gasteiger partial charge in [-0.2, -0.15) is 4.31 Å². The van der Waals surface area contributed by atoms with E-state index in [2.05, 4.69) is 0 Å². The Bertz CT molecular complexity index is 1350. The van der Waals surface area contributed by atoms with E-state index in [1.165, 1.54) is 4.31 Å². The number of carbonyl (C=O) groups is 1. The van der Waals surface area contributed by atoms with Crippen molar-refractivity contribution in [1.82, 2.24) is 4.31 Å². The Hall–Kier alpha value is -3.42. The minimum atomic E-state index is -4.08. The lowest BCUT2D eigenvalue weighted by Crippen LogP contribution is -2.42. The number of nitrogens with zero attached hydrogens (tertiary/aromatic N) is 1. The lowest BCUT2D eigenvalue weighted by molar-refractivity contribution is -0.133. The van der Waals surface area contributed by atoms with Crippen LogP contribution in [-0.2, 0) is 14.8 Å². The number of methoxy groups -OCH3 is 1. The molecule has 0 amide bonds. The molecular weight excluding hydrogens is 450 g/mol. The third kappa shape index (κ3) is 4.36. The zero-order chi connectivity index (χ0) is 24.5. The summed E-state index contributed by atoms with van der Waals surface area (Å²) in [4.78, 5) is 12.5. The molecule has 0 unspecified atom stereocenters. The molecule has 0 aromatic heterocycles. The van der Waals surface area contributed by atoms with Crippen LogP contribution in [0.2, 0.25) is 0 Å². The van der Waals surface area contributed by atoms with Crippen molar-refractivity contribution in [2.75, 3.05) is 7.11 Å². The number of aliphatic carboxylic acids is 1. The van der Waals surface area contributed by atoms with Gasteiger partial charge in [0.15, 0.2) is 0 Å². The van der Waals surface area contributed by atoms with Gasteiger partial charge in [0.1, 0.15) is 5.75 Å². The van der Waals surface area contributed by atoms with Gasteiger partial charge in [0.25, 0.3) is 0 Å². The number of ether oxygens (including phenoxy) is 1. The van der Waals surface area contributed by atoms with Gasteiger partial charge in [-0.25, -0.2) is 13.2 Å². The highest BCUT2D eigenvalue weighted by atomic mass is 32.2. The van der Waals surface area contributed by atoms with E-state index in [1.807, 2.05) is 37.3 Å². The van der Waals surface area contributed by atoms with Gasteiger partial charge < -0.3 is 9.84 Å². The SMILES string of the molecule is COc1ccc([C@@H]2CC=C(C(=O)O)[C@H](c3cccc(C)c3)N2S(=O)(=O)c2ccccc2C)cc1. The third-order valence-corrected chi connectivity index (χ3v) is 8.21. The van der Waals surface area contributed by atoms with Crippen LogP contribution in [0.3, 0.4) is 0 Å². The maximum Gasteiger partial charge on any atom is 0.333 e. The lowest BCUT2D eigenvalue weighted by Gasteiger charge is -2.41. The minimum absolute atomic E-state index is 0.0486. The summed E-state index contributed by atoms with van der Waals surface area (Å²) in [6, 6.07) is 19.8. The Morgan fingerprint density at radius 2 is 1.68 bits per heavy atom. The summed E-state index contributed by atoms with van der Waals surface area (Å²) in [6.45, 7) is 3.65. The standard InChI is InChI=1S/C27H27NO5S/c1-18-7-6-9-21(17-18)26-23(27(29)30)15-16-24(20-11-13-22(33-3)14-12-20)28(26)34(31,32)25-10-5-4-8-19(25)2/h4-15,17,24,26H,16H2,1-3H3,(H,29,30)/t24-,26-/m0/s1. The molecule has 0 fully saturated rings. The third-order valence-electron chi connectivity index (χ3n) is 6.17. The Morgan fingerprint density at radius 1 is 0.971 bits per heavy atom. The molecule has 3 aromatic carbocycles. The molecule has 0 saturated carbocycles. The van der Waals surface area contributed by atoms with Gasteiger partial charge in [0.2, 0.25) is 10.0 Å². The first-order chi connectivity index (χ1) is 16.2. The number of carboxylic acid groups (broad SMARTS) is 1. The van der Waals surface area contributed by atoms with Crippen molar-refractivity contribution in [2.24, 2.45) is 0 Å². The zero-order valence-electron chi connectivity index (χ0n) is 19.3. The number of benzene rings is 3. The van der Waals surface area contributed by atoms with E-state index in [4.69, 9.17) is 4.74 Å². The summed E-state index contributed by atoms with van der Waals surface area (Å²) in [6.07, 6.45) is 1.88. The van der Waals surface area contributed by atoms with E-state index in [0.29, 0.717) is 16.9 Å². The number of hydrogen-bond donors (Lipinski definition) is 1. The van der Waals surface area contributed by atoms with E-state index in [-0.39, 0.29) is 16.9 Å². The van der Waals surface area contributed by atoms with Crippen LogP contribution >= 0.6 is 0 Å². The van der Waals surface area contributed by atoms with Crippen molar-refractivity contribution in [2.45, 2.75) is 37.2 Å². The molecule has 1 heterocycles. The lowest BCUT2D eigenvalue weighted by atomic mass is 9.89. The summed E-state index contributed by atoms with van der Waals surface area (Å²) >= 11 is 0. The normalized spacial score (nSPS) is 18.9. The molecule has 7 heteroatoms. The number of hydrogen-bond acceptors (Lipinski definition) is 4. The molecule has 0 radical (unpaired) electrons. The Balaban J connectivity index is 1.98. The van der Waals surface area contributed by atoms with Crippen LogP contribution in [-0.4, -0.2) is 30.9 Å². The highest BCUT2D eigenvalue weighted by Gasteiger charge is 2.44. The summed E-state index contributed by atoms with van der Waals surface area (Å²) in [5, 5.41) is 10.1. The fraction of sp³-hybridized carbons (Fsp3) is 0.222. The molecule has 1 N–H and O–H groups in total. The molecule has 1 aliphatic heterocycles. The number of aryl methyl sites for hydroxylation is 2. The van der Waals surface area contributed by atoms with Crippen molar-refractivity contribution in [3.05, 3.63) is 107 Å². The molecule has 0 saturated heterocycles. The molecular formula is C27H27NO5S. The van der Waals surface area contributed by atoms with E-state index in [9.17, 15) is 18.3 Å². The summed E-state index contributed by atoms with van der Waals surface area (Å²) in [5.41, 5.74) is 2.94. The molecule has 4 rings (SSSR count). The molecule has 1 aliphatic rings. The van der Waals surface area contributed by atoms with Gasteiger partial charge in [-0.1, -0.05) is 66.2 Å². The smallest absolute Gasteiger partial charge is 0.333 e. The van der Waals surface area contributed by atoms with E-state index in [0.717, 1.165) is 11.1 Å². The number of carboxylic acids is 1. The van der Waals surface area contributed by atoms with Crippen molar-refractivity contribution in [3.8, 4) is 5.75 Å². The maximum absolute atomic E-state index is 14.2. The van der Waals surface area contributed by atoms with E-state index in [1.54, 1.807) is 62.6 Å². The number of sulfonamides is 1. The second kappa shape index (κ2) is 9.44. The molecule has 2 atom stereocenters.